The van der Waals surface area contributed by atoms with E-state index in [4.69, 9.17) is 4.74 Å². The number of methoxy groups -OCH3 is 1. The smallest absolute Gasteiger partial charge is 0.239 e. The minimum absolute atomic E-state index is 0.0320. The van der Waals surface area contributed by atoms with Crippen LogP contribution in [0.25, 0.3) is 0 Å². The van der Waals surface area contributed by atoms with Gasteiger partial charge in [0, 0.05) is 20.6 Å². The van der Waals surface area contributed by atoms with Crippen LogP contribution in [0.15, 0.2) is 0 Å². The van der Waals surface area contributed by atoms with E-state index < -0.39 is 6.10 Å². The zero-order chi connectivity index (χ0) is 11.7. The molecule has 0 aliphatic heterocycles. The molecule has 1 atom stereocenters. The molecule has 15 heavy (non-hydrogen) atoms. The lowest BCUT2D eigenvalue weighted by Crippen LogP contribution is -2.37. The van der Waals surface area contributed by atoms with E-state index >= 15 is 0 Å². The summed E-state index contributed by atoms with van der Waals surface area (Å²) in [6, 6.07) is 0. The Morgan fingerprint density at radius 2 is 2.07 bits per heavy atom. The zero-order valence-electron chi connectivity index (χ0n) is 9.08. The van der Waals surface area contributed by atoms with Gasteiger partial charge in [-0.25, -0.2) is 0 Å². The van der Waals surface area contributed by atoms with Gasteiger partial charge in [0.05, 0.1) is 19.3 Å². The van der Waals surface area contributed by atoms with Crippen LogP contribution < -0.4 is 10.6 Å². The molecule has 88 valence electrons. The molecule has 0 aliphatic carbocycles. The highest BCUT2D eigenvalue weighted by Gasteiger charge is 2.05. The fourth-order valence-electron chi connectivity index (χ4n) is 0.921. The van der Waals surface area contributed by atoms with Crippen molar-refractivity contribution in [2.24, 2.45) is 0 Å². The number of aliphatic hydroxyl groups excluding tert-OH is 1. The Morgan fingerprint density at radius 3 is 2.60 bits per heavy atom. The van der Waals surface area contributed by atoms with Crippen molar-refractivity contribution >= 4 is 11.8 Å². The first-order chi connectivity index (χ1) is 7.06. The molecule has 6 heteroatoms. The van der Waals surface area contributed by atoms with Gasteiger partial charge in [-0.05, 0) is 6.42 Å². The SMILES string of the molecule is COCC(O)CCNC(=O)CNC(C)=O. The van der Waals surface area contributed by atoms with E-state index in [1.807, 2.05) is 0 Å². The molecule has 0 radical (unpaired) electrons. The molecule has 2 amide bonds. The summed E-state index contributed by atoms with van der Waals surface area (Å²) in [5, 5.41) is 14.2. The van der Waals surface area contributed by atoms with Crippen LogP contribution >= 0.6 is 0 Å². The Morgan fingerprint density at radius 1 is 1.40 bits per heavy atom. The van der Waals surface area contributed by atoms with Gasteiger partial charge in [0.15, 0.2) is 0 Å². The monoisotopic (exact) mass is 218 g/mol. The number of hydrogen-bond donors (Lipinski definition) is 3. The van der Waals surface area contributed by atoms with Gasteiger partial charge in [-0.15, -0.1) is 0 Å². The first-order valence-corrected chi connectivity index (χ1v) is 4.74. The molecule has 1 unspecified atom stereocenters. The van der Waals surface area contributed by atoms with Gasteiger partial charge >= 0.3 is 0 Å². The molecule has 0 fully saturated rings. The summed E-state index contributed by atoms with van der Waals surface area (Å²) in [6.07, 6.45) is -0.143. The summed E-state index contributed by atoms with van der Waals surface area (Å²) in [5.41, 5.74) is 0. The number of aliphatic hydroxyl groups is 1. The highest BCUT2D eigenvalue weighted by molar-refractivity contribution is 5.83. The van der Waals surface area contributed by atoms with E-state index in [0.29, 0.717) is 13.0 Å². The first-order valence-electron chi connectivity index (χ1n) is 4.74. The fourth-order valence-corrected chi connectivity index (χ4v) is 0.921. The van der Waals surface area contributed by atoms with Gasteiger partial charge in [-0.1, -0.05) is 0 Å². The van der Waals surface area contributed by atoms with Crippen molar-refractivity contribution in [3.8, 4) is 0 Å². The van der Waals surface area contributed by atoms with Crippen molar-refractivity contribution in [1.29, 1.82) is 0 Å². The van der Waals surface area contributed by atoms with Crippen LogP contribution in [0.3, 0.4) is 0 Å². The summed E-state index contributed by atoms with van der Waals surface area (Å²) >= 11 is 0. The second kappa shape index (κ2) is 8.19. The van der Waals surface area contributed by atoms with Crippen LogP contribution in [0.5, 0.6) is 0 Å². The maximum Gasteiger partial charge on any atom is 0.239 e. The topological polar surface area (TPSA) is 87.7 Å². The Bertz CT molecular complexity index is 208. The van der Waals surface area contributed by atoms with Crippen LogP contribution in [0, 0.1) is 0 Å². The molecular formula is C9H18N2O4. The molecule has 6 nitrogen and oxygen atoms in total. The number of ether oxygens (including phenoxy) is 1. The van der Waals surface area contributed by atoms with E-state index in [-0.39, 0.29) is 25.0 Å². The Hall–Kier alpha value is -1.14. The molecule has 0 aromatic carbocycles. The number of nitrogens with one attached hydrogen (secondary N) is 2. The molecule has 0 heterocycles. The summed E-state index contributed by atoms with van der Waals surface area (Å²) in [6.45, 7) is 1.93. The van der Waals surface area contributed by atoms with Crippen molar-refractivity contribution < 1.29 is 19.4 Å². The third-order valence-electron chi connectivity index (χ3n) is 1.66. The average Bonchev–Trinajstić information content (AvgIpc) is 2.15. The van der Waals surface area contributed by atoms with E-state index in [1.165, 1.54) is 14.0 Å². The number of carbonyl (C=O) groups is 2. The predicted octanol–water partition coefficient (Wildman–Crippen LogP) is -1.36. The molecule has 0 spiro atoms. The van der Waals surface area contributed by atoms with Gasteiger partial charge in [0.25, 0.3) is 0 Å². The molecule has 0 rings (SSSR count). The van der Waals surface area contributed by atoms with Crippen LogP contribution in [0.2, 0.25) is 0 Å². The molecule has 0 saturated heterocycles. The molecular weight excluding hydrogens is 200 g/mol. The maximum absolute atomic E-state index is 11.0. The summed E-state index contributed by atoms with van der Waals surface area (Å²) in [4.78, 5) is 21.5. The van der Waals surface area contributed by atoms with Crippen LogP contribution in [0.1, 0.15) is 13.3 Å². The van der Waals surface area contributed by atoms with Gasteiger partial charge in [-0.3, -0.25) is 9.59 Å². The predicted molar refractivity (Wildman–Crippen MR) is 54.2 cm³/mol. The normalized spacial score (nSPS) is 11.9. The lowest BCUT2D eigenvalue weighted by Gasteiger charge is -2.10. The number of rotatable bonds is 7. The number of carbonyl (C=O) groups excluding carboxylic acids is 2. The molecule has 0 saturated carbocycles. The molecule has 0 aliphatic rings. The Kier molecular flexibility index (Phi) is 7.57. The molecule has 3 N–H and O–H groups in total. The van der Waals surface area contributed by atoms with Crippen molar-refractivity contribution in [2.75, 3.05) is 26.8 Å². The van der Waals surface area contributed by atoms with Crippen molar-refractivity contribution in [2.45, 2.75) is 19.4 Å². The Balaban J connectivity index is 3.42. The summed E-state index contributed by atoms with van der Waals surface area (Å²) < 4.78 is 4.72. The molecule has 0 aromatic heterocycles. The summed E-state index contributed by atoms with van der Waals surface area (Å²) in [7, 11) is 1.50. The quantitative estimate of drug-likeness (QED) is 0.492. The maximum atomic E-state index is 11.0. The zero-order valence-corrected chi connectivity index (χ0v) is 9.08. The largest absolute Gasteiger partial charge is 0.391 e. The van der Waals surface area contributed by atoms with Crippen LogP contribution in [0.4, 0.5) is 0 Å². The van der Waals surface area contributed by atoms with Crippen molar-refractivity contribution in [1.82, 2.24) is 10.6 Å². The fraction of sp³-hybridized carbons (Fsp3) is 0.778. The lowest BCUT2D eigenvalue weighted by molar-refractivity contribution is -0.125. The Labute approximate surface area is 89.0 Å². The van der Waals surface area contributed by atoms with E-state index in [0.717, 1.165) is 0 Å². The van der Waals surface area contributed by atoms with E-state index in [1.54, 1.807) is 0 Å². The van der Waals surface area contributed by atoms with Crippen molar-refractivity contribution in [3.05, 3.63) is 0 Å². The second-order valence-corrected chi connectivity index (χ2v) is 3.16. The summed E-state index contributed by atoms with van der Waals surface area (Å²) in [5.74, 6) is -0.514. The van der Waals surface area contributed by atoms with Crippen LogP contribution in [-0.2, 0) is 14.3 Å². The number of amides is 2. The second-order valence-electron chi connectivity index (χ2n) is 3.16. The van der Waals surface area contributed by atoms with E-state index in [2.05, 4.69) is 10.6 Å². The minimum Gasteiger partial charge on any atom is -0.391 e. The van der Waals surface area contributed by atoms with Gasteiger partial charge in [-0.2, -0.15) is 0 Å². The molecule has 0 bridgehead atoms. The van der Waals surface area contributed by atoms with Gasteiger partial charge in [0.1, 0.15) is 0 Å². The van der Waals surface area contributed by atoms with Gasteiger partial charge in [0.2, 0.25) is 11.8 Å². The highest BCUT2D eigenvalue weighted by Crippen LogP contribution is 1.89. The van der Waals surface area contributed by atoms with Gasteiger partial charge < -0.3 is 20.5 Å². The third kappa shape index (κ3) is 9.17. The average molecular weight is 218 g/mol. The molecule has 0 aromatic rings. The van der Waals surface area contributed by atoms with Crippen LogP contribution in [-0.4, -0.2) is 49.8 Å². The van der Waals surface area contributed by atoms with Crippen molar-refractivity contribution in [3.63, 3.8) is 0 Å². The standard InChI is InChI=1S/C9H18N2O4/c1-7(12)11-5-9(14)10-4-3-8(13)6-15-2/h8,13H,3-6H2,1-2H3,(H,10,14)(H,11,12). The lowest BCUT2D eigenvalue weighted by atomic mass is 10.2. The number of hydrogen-bond acceptors (Lipinski definition) is 4. The minimum atomic E-state index is -0.573. The first kappa shape index (κ1) is 13.9. The highest BCUT2D eigenvalue weighted by atomic mass is 16.5. The third-order valence-corrected chi connectivity index (χ3v) is 1.66. The van der Waals surface area contributed by atoms with E-state index in [9.17, 15) is 14.7 Å².